The van der Waals surface area contributed by atoms with Crippen molar-refractivity contribution in [1.29, 1.82) is 0 Å². The fraction of sp³-hybridized carbons (Fsp3) is 1.00. The summed E-state index contributed by atoms with van der Waals surface area (Å²) in [6.45, 7) is 0. The number of phosphoric ester groups is 1. The van der Waals surface area contributed by atoms with Crippen molar-refractivity contribution in [2.24, 2.45) is 0 Å². The van der Waals surface area contributed by atoms with Crippen LogP contribution in [-0.4, -0.2) is 6.10 Å². The van der Waals surface area contributed by atoms with E-state index in [0.717, 1.165) is 19.3 Å². The standard InChI is InChI=1S/C6H13O4P.Ni/c7-11(8,9)10-6-4-2-1-3-5-6;/h6H,1-5H2,(H2,7,8,9);/q;+2/p-2. The van der Waals surface area contributed by atoms with E-state index in [1.807, 2.05) is 0 Å². The minimum atomic E-state index is -4.73. The van der Waals surface area contributed by atoms with E-state index in [-0.39, 0.29) is 22.6 Å². The third kappa shape index (κ3) is 5.28. The Balaban J connectivity index is 0.00000121. The Labute approximate surface area is 81.9 Å². The van der Waals surface area contributed by atoms with Crippen molar-refractivity contribution in [2.45, 2.75) is 38.2 Å². The topological polar surface area (TPSA) is 72.4 Å². The molecule has 0 spiro atoms. The zero-order valence-corrected chi connectivity index (χ0v) is 8.39. The summed E-state index contributed by atoms with van der Waals surface area (Å²) in [5.41, 5.74) is 0. The van der Waals surface area contributed by atoms with Gasteiger partial charge in [0.15, 0.2) is 0 Å². The van der Waals surface area contributed by atoms with Crippen LogP contribution in [0.3, 0.4) is 0 Å². The maximum atomic E-state index is 10.1. The molecule has 0 N–H and O–H groups in total. The molecule has 74 valence electrons. The van der Waals surface area contributed by atoms with E-state index in [1.165, 1.54) is 0 Å². The molecule has 0 bridgehead atoms. The maximum absolute atomic E-state index is 10.1. The second-order valence-corrected chi connectivity index (χ2v) is 3.92. The fourth-order valence-corrected chi connectivity index (χ4v) is 1.93. The molecule has 0 aromatic heterocycles. The first-order chi connectivity index (χ1) is 5.08. The summed E-state index contributed by atoms with van der Waals surface area (Å²) in [6.07, 6.45) is 4.10. The molecule has 4 nitrogen and oxygen atoms in total. The van der Waals surface area contributed by atoms with Crippen LogP contribution in [0.5, 0.6) is 0 Å². The van der Waals surface area contributed by atoms with E-state index in [2.05, 4.69) is 4.52 Å². The zero-order valence-electron chi connectivity index (χ0n) is 6.51. The number of rotatable bonds is 2. The monoisotopic (exact) mass is 236 g/mol. The van der Waals surface area contributed by atoms with Crippen LogP contribution in [0.4, 0.5) is 0 Å². The van der Waals surface area contributed by atoms with E-state index >= 15 is 0 Å². The van der Waals surface area contributed by atoms with Crippen LogP contribution in [0, 0.1) is 0 Å². The molecular formula is C6H11NiO4P. The van der Waals surface area contributed by atoms with E-state index in [1.54, 1.807) is 0 Å². The van der Waals surface area contributed by atoms with Crippen LogP contribution in [0.2, 0.25) is 0 Å². The molecule has 1 saturated carbocycles. The van der Waals surface area contributed by atoms with Crippen molar-refractivity contribution in [1.82, 2.24) is 0 Å². The summed E-state index contributed by atoms with van der Waals surface area (Å²) in [5, 5.41) is 0. The Hall–Kier alpha value is 0.604. The van der Waals surface area contributed by atoms with Gasteiger partial charge in [0, 0.05) is 0 Å². The third-order valence-electron chi connectivity index (χ3n) is 1.83. The van der Waals surface area contributed by atoms with Crippen molar-refractivity contribution < 1.29 is 35.4 Å². The molecule has 0 amide bonds. The molecule has 0 radical (unpaired) electrons. The molecule has 6 heteroatoms. The van der Waals surface area contributed by atoms with Crippen LogP contribution < -0.4 is 9.79 Å². The molecule has 1 fully saturated rings. The van der Waals surface area contributed by atoms with Crippen LogP contribution >= 0.6 is 7.82 Å². The van der Waals surface area contributed by atoms with Crippen LogP contribution in [0.25, 0.3) is 0 Å². The second-order valence-electron chi connectivity index (χ2n) is 2.81. The van der Waals surface area contributed by atoms with Crippen molar-refractivity contribution in [3.8, 4) is 0 Å². The molecule has 1 aliphatic carbocycles. The maximum Gasteiger partial charge on any atom is 2.00 e. The van der Waals surface area contributed by atoms with Gasteiger partial charge in [-0.1, -0.05) is 19.3 Å². The second kappa shape index (κ2) is 5.36. The van der Waals surface area contributed by atoms with Crippen molar-refractivity contribution in [3.63, 3.8) is 0 Å². The quantitative estimate of drug-likeness (QED) is 0.506. The summed E-state index contributed by atoms with van der Waals surface area (Å²) in [7, 11) is -4.73. The first kappa shape index (κ1) is 12.6. The van der Waals surface area contributed by atoms with Gasteiger partial charge in [-0.25, -0.2) is 0 Å². The van der Waals surface area contributed by atoms with Gasteiger partial charge >= 0.3 is 16.5 Å². The predicted octanol–water partition coefficient (Wildman–Crippen LogP) is 0.162. The Kier molecular flexibility index (Phi) is 5.63. The first-order valence-electron chi connectivity index (χ1n) is 3.78. The van der Waals surface area contributed by atoms with Gasteiger partial charge in [-0.2, -0.15) is 0 Å². The summed E-state index contributed by atoms with van der Waals surface area (Å²) in [5.74, 6) is 0. The average molecular weight is 237 g/mol. The molecule has 0 aliphatic heterocycles. The molecule has 0 aromatic rings. The van der Waals surface area contributed by atoms with Crippen LogP contribution in [-0.2, 0) is 25.6 Å². The summed E-state index contributed by atoms with van der Waals surface area (Å²) in [4.78, 5) is 20.3. The van der Waals surface area contributed by atoms with Crippen molar-refractivity contribution in [2.75, 3.05) is 0 Å². The average Bonchev–Trinajstić information content (AvgIpc) is 1.85. The molecular weight excluding hydrogens is 226 g/mol. The molecule has 0 unspecified atom stereocenters. The van der Waals surface area contributed by atoms with Crippen molar-refractivity contribution in [3.05, 3.63) is 0 Å². The Morgan fingerprint density at radius 3 is 2.08 bits per heavy atom. The van der Waals surface area contributed by atoms with Crippen LogP contribution in [0.1, 0.15) is 32.1 Å². The van der Waals surface area contributed by atoms with Crippen LogP contribution in [0.15, 0.2) is 0 Å². The SMILES string of the molecule is O=P([O-])([O-])OC1CCCCC1.[Ni+2]. The summed E-state index contributed by atoms with van der Waals surface area (Å²) >= 11 is 0. The zero-order chi connectivity index (χ0) is 8.32. The fourth-order valence-electron chi connectivity index (χ4n) is 1.35. The van der Waals surface area contributed by atoms with E-state index in [4.69, 9.17) is 0 Å². The van der Waals surface area contributed by atoms with Gasteiger partial charge in [-0.15, -0.1) is 0 Å². The molecule has 1 aliphatic rings. The van der Waals surface area contributed by atoms with Gasteiger partial charge in [0.05, 0.1) is 13.9 Å². The van der Waals surface area contributed by atoms with Gasteiger partial charge in [0.25, 0.3) is 0 Å². The molecule has 12 heavy (non-hydrogen) atoms. The molecule has 0 aromatic carbocycles. The molecule has 0 atom stereocenters. The Morgan fingerprint density at radius 2 is 1.67 bits per heavy atom. The van der Waals surface area contributed by atoms with E-state index in [9.17, 15) is 14.4 Å². The Morgan fingerprint density at radius 1 is 1.17 bits per heavy atom. The molecule has 0 saturated heterocycles. The minimum absolute atomic E-state index is 0. The molecule has 1 rings (SSSR count). The minimum Gasteiger partial charge on any atom is -0.790 e. The van der Waals surface area contributed by atoms with Gasteiger partial charge in [-0.05, 0) is 12.8 Å². The van der Waals surface area contributed by atoms with E-state index < -0.39 is 7.82 Å². The number of phosphoric acid groups is 1. The predicted molar refractivity (Wildman–Crippen MR) is 35.6 cm³/mol. The Bertz CT molecular complexity index is 163. The van der Waals surface area contributed by atoms with Gasteiger partial charge in [0.2, 0.25) is 0 Å². The number of hydrogen-bond acceptors (Lipinski definition) is 4. The van der Waals surface area contributed by atoms with Gasteiger partial charge in [0.1, 0.15) is 0 Å². The largest absolute Gasteiger partial charge is 2.00 e. The van der Waals surface area contributed by atoms with Crippen molar-refractivity contribution >= 4 is 7.82 Å². The molecule has 0 heterocycles. The van der Waals surface area contributed by atoms with Gasteiger partial charge in [-0.3, -0.25) is 0 Å². The number of hydrogen-bond donors (Lipinski definition) is 0. The summed E-state index contributed by atoms with van der Waals surface area (Å²) < 4.78 is 14.5. The smallest absolute Gasteiger partial charge is 0.790 e. The third-order valence-corrected chi connectivity index (χ3v) is 2.39. The first-order valence-corrected chi connectivity index (χ1v) is 5.24. The van der Waals surface area contributed by atoms with Gasteiger partial charge < -0.3 is 18.9 Å². The van der Waals surface area contributed by atoms with E-state index in [0.29, 0.717) is 12.8 Å². The normalized spacial score (nSPS) is 20.2. The summed E-state index contributed by atoms with van der Waals surface area (Å²) in [6, 6.07) is 0.